The van der Waals surface area contributed by atoms with Gasteiger partial charge in [0.1, 0.15) is 5.82 Å². The molecular formula is C14H8F4O. The molecule has 2 aromatic carbocycles. The van der Waals surface area contributed by atoms with E-state index < -0.39 is 28.9 Å². The van der Waals surface area contributed by atoms with E-state index in [1.165, 1.54) is 12.1 Å². The molecule has 0 atom stereocenters. The first-order valence-electron chi connectivity index (χ1n) is 5.36. The van der Waals surface area contributed by atoms with Crippen molar-refractivity contribution < 1.29 is 22.4 Å². The van der Waals surface area contributed by atoms with Crippen molar-refractivity contribution in [3.8, 4) is 0 Å². The number of alkyl halides is 3. The minimum Gasteiger partial charge on any atom is -0.288 e. The van der Waals surface area contributed by atoms with Gasteiger partial charge in [0.05, 0.1) is 11.1 Å². The zero-order valence-corrected chi connectivity index (χ0v) is 9.54. The Labute approximate surface area is 106 Å². The SMILES string of the molecule is O=C(c1ccccc1)c1cc(C(F)(F)F)ccc1F. The maximum Gasteiger partial charge on any atom is 0.416 e. The third-order valence-corrected chi connectivity index (χ3v) is 2.57. The van der Waals surface area contributed by atoms with Crippen molar-refractivity contribution in [3.63, 3.8) is 0 Å². The first kappa shape index (κ1) is 13.3. The van der Waals surface area contributed by atoms with E-state index in [1.54, 1.807) is 18.2 Å². The summed E-state index contributed by atoms with van der Waals surface area (Å²) >= 11 is 0. The highest BCUT2D eigenvalue weighted by Gasteiger charge is 2.32. The Bertz CT molecular complexity index is 603. The van der Waals surface area contributed by atoms with Crippen molar-refractivity contribution >= 4 is 5.78 Å². The molecule has 0 saturated carbocycles. The van der Waals surface area contributed by atoms with Gasteiger partial charge in [0, 0.05) is 5.56 Å². The molecule has 0 spiro atoms. The van der Waals surface area contributed by atoms with Crippen molar-refractivity contribution in [1.82, 2.24) is 0 Å². The second kappa shape index (κ2) is 4.84. The monoisotopic (exact) mass is 268 g/mol. The van der Waals surface area contributed by atoms with Crippen molar-refractivity contribution in [3.05, 3.63) is 71.0 Å². The summed E-state index contributed by atoms with van der Waals surface area (Å²) in [5.41, 5.74) is -1.49. The quantitative estimate of drug-likeness (QED) is 0.592. The summed E-state index contributed by atoms with van der Waals surface area (Å²) in [6.45, 7) is 0. The second-order valence-electron chi connectivity index (χ2n) is 3.89. The Morgan fingerprint density at radius 3 is 2.16 bits per heavy atom. The predicted molar refractivity (Wildman–Crippen MR) is 61.3 cm³/mol. The van der Waals surface area contributed by atoms with Gasteiger partial charge in [-0.1, -0.05) is 30.3 Å². The average molecular weight is 268 g/mol. The zero-order valence-electron chi connectivity index (χ0n) is 9.54. The van der Waals surface area contributed by atoms with Crippen molar-refractivity contribution in [1.29, 1.82) is 0 Å². The van der Waals surface area contributed by atoms with Crippen LogP contribution in [-0.4, -0.2) is 5.78 Å². The third-order valence-electron chi connectivity index (χ3n) is 2.57. The Balaban J connectivity index is 2.48. The number of carbonyl (C=O) groups is 1. The van der Waals surface area contributed by atoms with Crippen molar-refractivity contribution in [2.24, 2.45) is 0 Å². The molecule has 2 aromatic rings. The van der Waals surface area contributed by atoms with Crippen LogP contribution in [0.1, 0.15) is 21.5 Å². The number of hydrogen-bond acceptors (Lipinski definition) is 1. The third kappa shape index (κ3) is 2.81. The van der Waals surface area contributed by atoms with Gasteiger partial charge in [0.15, 0.2) is 5.78 Å². The molecule has 0 fully saturated rings. The number of carbonyl (C=O) groups excluding carboxylic acids is 1. The van der Waals surface area contributed by atoms with Crippen LogP contribution in [-0.2, 0) is 6.18 Å². The van der Waals surface area contributed by atoms with E-state index in [0.717, 1.165) is 0 Å². The Morgan fingerprint density at radius 2 is 1.58 bits per heavy atom. The molecule has 2 rings (SSSR count). The first-order valence-corrected chi connectivity index (χ1v) is 5.36. The Hall–Kier alpha value is -2.17. The van der Waals surface area contributed by atoms with Crippen LogP contribution in [0.25, 0.3) is 0 Å². The van der Waals surface area contributed by atoms with Crippen LogP contribution in [0.15, 0.2) is 48.5 Å². The summed E-state index contributed by atoms with van der Waals surface area (Å²) in [5, 5.41) is 0. The Kier molecular flexibility index (Phi) is 3.38. The summed E-state index contributed by atoms with van der Waals surface area (Å²) in [6, 6.07) is 9.39. The molecule has 0 aliphatic heterocycles. The molecule has 1 nitrogen and oxygen atoms in total. The van der Waals surface area contributed by atoms with E-state index in [0.29, 0.717) is 18.2 Å². The highest BCUT2D eigenvalue weighted by molar-refractivity contribution is 6.09. The normalized spacial score (nSPS) is 11.4. The molecule has 0 bridgehead atoms. The number of rotatable bonds is 2. The van der Waals surface area contributed by atoms with Crippen LogP contribution in [0.3, 0.4) is 0 Å². The summed E-state index contributed by atoms with van der Waals surface area (Å²) in [7, 11) is 0. The number of halogens is 4. The van der Waals surface area contributed by atoms with E-state index in [2.05, 4.69) is 0 Å². The maximum atomic E-state index is 13.5. The van der Waals surface area contributed by atoms with E-state index in [-0.39, 0.29) is 5.56 Å². The van der Waals surface area contributed by atoms with Crippen molar-refractivity contribution in [2.45, 2.75) is 6.18 Å². The minimum atomic E-state index is -4.61. The van der Waals surface area contributed by atoms with E-state index in [4.69, 9.17) is 0 Å². The van der Waals surface area contributed by atoms with Gasteiger partial charge in [-0.3, -0.25) is 4.79 Å². The van der Waals surface area contributed by atoms with Gasteiger partial charge in [-0.15, -0.1) is 0 Å². The molecule has 0 unspecified atom stereocenters. The molecule has 0 aliphatic rings. The molecule has 0 saturated heterocycles. The minimum absolute atomic E-state index is 0.140. The van der Waals surface area contributed by atoms with Gasteiger partial charge in [0.2, 0.25) is 0 Å². The molecule has 0 heterocycles. The second-order valence-corrected chi connectivity index (χ2v) is 3.89. The molecule has 0 aliphatic carbocycles. The van der Waals surface area contributed by atoms with E-state index >= 15 is 0 Å². The van der Waals surface area contributed by atoms with Crippen molar-refractivity contribution in [2.75, 3.05) is 0 Å². The molecule has 19 heavy (non-hydrogen) atoms. The van der Waals surface area contributed by atoms with Crippen LogP contribution >= 0.6 is 0 Å². The fourth-order valence-electron chi connectivity index (χ4n) is 1.62. The lowest BCUT2D eigenvalue weighted by atomic mass is 10.0. The van der Waals surface area contributed by atoms with Gasteiger partial charge in [-0.25, -0.2) is 4.39 Å². The van der Waals surface area contributed by atoms with Crippen LogP contribution < -0.4 is 0 Å². The predicted octanol–water partition coefficient (Wildman–Crippen LogP) is 4.08. The molecule has 5 heteroatoms. The van der Waals surface area contributed by atoms with Gasteiger partial charge < -0.3 is 0 Å². The van der Waals surface area contributed by atoms with E-state index in [1.807, 2.05) is 0 Å². The average Bonchev–Trinajstić information content (AvgIpc) is 2.38. The lowest BCUT2D eigenvalue weighted by molar-refractivity contribution is -0.137. The van der Waals surface area contributed by atoms with Gasteiger partial charge in [-0.2, -0.15) is 13.2 Å². The maximum absolute atomic E-state index is 13.5. The summed E-state index contributed by atoms with van der Waals surface area (Å²) < 4.78 is 51.1. The fraction of sp³-hybridized carbons (Fsp3) is 0.0714. The molecule has 98 valence electrons. The van der Waals surface area contributed by atoms with Crippen LogP contribution in [0.5, 0.6) is 0 Å². The molecule has 0 N–H and O–H groups in total. The summed E-state index contributed by atoms with van der Waals surface area (Å²) in [6.07, 6.45) is -4.61. The summed E-state index contributed by atoms with van der Waals surface area (Å²) in [5.74, 6) is -1.74. The van der Waals surface area contributed by atoms with Crippen LogP contribution in [0, 0.1) is 5.82 Å². The van der Waals surface area contributed by atoms with Gasteiger partial charge >= 0.3 is 6.18 Å². The first-order chi connectivity index (χ1) is 8.89. The molecule has 0 aromatic heterocycles. The summed E-state index contributed by atoms with van der Waals surface area (Å²) in [4.78, 5) is 11.9. The molecular weight excluding hydrogens is 260 g/mol. The van der Waals surface area contributed by atoms with Crippen LogP contribution in [0.4, 0.5) is 17.6 Å². The number of hydrogen-bond donors (Lipinski definition) is 0. The fourth-order valence-corrected chi connectivity index (χ4v) is 1.62. The van der Waals surface area contributed by atoms with Gasteiger partial charge in [-0.05, 0) is 18.2 Å². The standard InChI is InChI=1S/C14H8F4O/c15-12-7-6-10(14(16,17)18)8-11(12)13(19)9-4-2-1-3-5-9/h1-8H. The topological polar surface area (TPSA) is 17.1 Å². The van der Waals surface area contributed by atoms with E-state index in [9.17, 15) is 22.4 Å². The lowest BCUT2D eigenvalue weighted by Crippen LogP contribution is -2.10. The Morgan fingerprint density at radius 1 is 0.947 bits per heavy atom. The lowest BCUT2D eigenvalue weighted by Gasteiger charge is -2.09. The largest absolute Gasteiger partial charge is 0.416 e. The zero-order chi connectivity index (χ0) is 14.0. The highest BCUT2D eigenvalue weighted by Crippen LogP contribution is 2.30. The number of ketones is 1. The van der Waals surface area contributed by atoms with Crippen LogP contribution in [0.2, 0.25) is 0 Å². The number of benzene rings is 2. The molecule has 0 radical (unpaired) electrons. The van der Waals surface area contributed by atoms with Gasteiger partial charge in [0.25, 0.3) is 0 Å². The smallest absolute Gasteiger partial charge is 0.288 e. The molecule has 0 amide bonds. The highest BCUT2D eigenvalue weighted by atomic mass is 19.4.